The van der Waals surface area contributed by atoms with Crippen LogP contribution < -0.4 is 14.8 Å². The van der Waals surface area contributed by atoms with E-state index >= 15 is 0 Å². The highest BCUT2D eigenvalue weighted by molar-refractivity contribution is 7.92. The summed E-state index contributed by atoms with van der Waals surface area (Å²) in [5, 5.41) is 3.04. The molecule has 2 N–H and O–H groups in total. The molecule has 0 aromatic heterocycles. The first kappa shape index (κ1) is 18.5. The van der Waals surface area contributed by atoms with Crippen molar-refractivity contribution < 1.29 is 17.9 Å². The number of halogens is 1. The van der Waals surface area contributed by atoms with Crippen molar-refractivity contribution in [2.75, 3.05) is 17.1 Å². The molecule has 0 radical (unpaired) electrons. The predicted octanol–water partition coefficient (Wildman–Crippen LogP) is 3.74. The number of nitrogens with one attached hydrogen (secondary N) is 2. The molecule has 2 aromatic rings. The standard InChI is InChI=1S/C18H19ClN2O4S/c1-11-9-13(11)18(22)20-12-7-8-16(25-2)17(10-12)26(23,24)21-15-6-4-3-5-14(15)19/h3-8,10-11,13,21H,9H2,1-2H3,(H,20,22). The first-order valence-corrected chi connectivity index (χ1v) is 9.94. The van der Waals surface area contributed by atoms with Crippen molar-refractivity contribution in [3.8, 4) is 5.75 Å². The van der Waals surface area contributed by atoms with Gasteiger partial charge in [-0.25, -0.2) is 8.42 Å². The van der Waals surface area contributed by atoms with Gasteiger partial charge in [0.2, 0.25) is 5.91 Å². The lowest BCUT2D eigenvalue weighted by Crippen LogP contribution is -2.17. The third kappa shape index (κ3) is 3.94. The Morgan fingerprint density at radius 2 is 1.92 bits per heavy atom. The molecule has 1 aliphatic rings. The van der Waals surface area contributed by atoms with E-state index in [0.29, 0.717) is 11.6 Å². The van der Waals surface area contributed by atoms with Crippen molar-refractivity contribution in [2.24, 2.45) is 11.8 Å². The van der Waals surface area contributed by atoms with Crippen LogP contribution >= 0.6 is 11.6 Å². The second kappa shape index (κ2) is 7.17. The van der Waals surface area contributed by atoms with Gasteiger partial charge in [-0.05, 0) is 42.7 Å². The summed E-state index contributed by atoms with van der Waals surface area (Å²) in [5.41, 5.74) is 0.659. The number of ether oxygens (including phenoxy) is 1. The number of benzene rings is 2. The number of rotatable bonds is 6. The summed E-state index contributed by atoms with van der Waals surface area (Å²) in [5.74, 6) is 0.407. The molecule has 3 rings (SSSR count). The number of carbonyl (C=O) groups is 1. The van der Waals surface area contributed by atoms with E-state index in [1.807, 2.05) is 6.92 Å². The molecule has 138 valence electrons. The van der Waals surface area contributed by atoms with E-state index in [1.165, 1.54) is 19.2 Å². The van der Waals surface area contributed by atoms with Gasteiger partial charge >= 0.3 is 0 Å². The van der Waals surface area contributed by atoms with Gasteiger partial charge in [-0.15, -0.1) is 0 Å². The van der Waals surface area contributed by atoms with Crippen LogP contribution in [0.4, 0.5) is 11.4 Å². The first-order chi connectivity index (χ1) is 12.3. The molecular weight excluding hydrogens is 376 g/mol. The minimum absolute atomic E-state index is 0.0154. The molecule has 8 heteroatoms. The molecule has 2 aromatic carbocycles. The number of hydrogen-bond acceptors (Lipinski definition) is 4. The lowest BCUT2D eigenvalue weighted by molar-refractivity contribution is -0.117. The van der Waals surface area contributed by atoms with Gasteiger partial charge in [-0.3, -0.25) is 9.52 Å². The molecule has 0 heterocycles. The third-order valence-electron chi connectivity index (χ3n) is 4.29. The van der Waals surface area contributed by atoms with Crippen LogP contribution in [0.2, 0.25) is 5.02 Å². The van der Waals surface area contributed by atoms with E-state index < -0.39 is 10.0 Å². The zero-order valence-corrected chi connectivity index (χ0v) is 15.9. The minimum Gasteiger partial charge on any atom is -0.495 e. The van der Waals surface area contributed by atoms with Gasteiger partial charge in [0.15, 0.2) is 0 Å². The molecule has 26 heavy (non-hydrogen) atoms. The summed E-state index contributed by atoms with van der Waals surface area (Å²) in [4.78, 5) is 12.0. The van der Waals surface area contributed by atoms with Crippen LogP contribution in [0.15, 0.2) is 47.4 Å². The predicted molar refractivity (Wildman–Crippen MR) is 101 cm³/mol. The summed E-state index contributed by atoms with van der Waals surface area (Å²) >= 11 is 6.03. The highest BCUT2D eigenvalue weighted by Crippen LogP contribution is 2.39. The Hall–Kier alpha value is -2.25. The second-order valence-electron chi connectivity index (χ2n) is 6.26. The molecular formula is C18H19ClN2O4S. The maximum atomic E-state index is 12.8. The van der Waals surface area contributed by atoms with E-state index in [0.717, 1.165) is 6.42 Å². The number of hydrogen-bond donors (Lipinski definition) is 2. The van der Waals surface area contributed by atoms with Crippen molar-refractivity contribution in [2.45, 2.75) is 18.2 Å². The Bertz CT molecular complexity index is 946. The maximum Gasteiger partial charge on any atom is 0.265 e. The minimum atomic E-state index is -3.96. The Morgan fingerprint density at radius 3 is 2.54 bits per heavy atom. The number of sulfonamides is 1. The Balaban J connectivity index is 1.90. The molecule has 0 aliphatic heterocycles. The van der Waals surface area contributed by atoms with Crippen LogP contribution in [-0.4, -0.2) is 21.4 Å². The van der Waals surface area contributed by atoms with Gasteiger partial charge in [0.1, 0.15) is 10.6 Å². The SMILES string of the molecule is COc1ccc(NC(=O)C2CC2C)cc1S(=O)(=O)Nc1ccccc1Cl. The average molecular weight is 395 g/mol. The molecule has 1 saturated carbocycles. The lowest BCUT2D eigenvalue weighted by Gasteiger charge is -2.14. The van der Waals surface area contributed by atoms with Crippen LogP contribution in [0.3, 0.4) is 0 Å². The molecule has 2 atom stereocenters. The summed E-state index contributed by atoms with van der Waals surface area (Å²) in [6.07, 6.45) is 0.848. The van der Waals surface area contributed by atoms with E-state index in [-0.39, 0.29) is 33.2 Å². The summed E-state index contributed by atoms with van der Waals surface area (Å²) < 4.78 is 33.2. The third-order valence-corrected chi connectivity index (χ3v) is 6.00. The van der Waals surface area contributed by atoms with Crippen LogP contribution in [0, 0.1) is 11.8 Å². The van der Waals surface area contributed by atoms with Gasteiger partial charge in [0, 0.05) is 11.6 Å². The average Bonchev–Trinajstić information content (AvgIpc) is 3.34. The van der Waals surface area contributed by atoms with E-state index in [2.05, 4.69) is 10.0 Å². The molecule has 6 nitrogen and oxygen atoms in total. The Kier molecular flexibility index (Phi) is 5.11. The topological polar surface area (TPSA) is 84.5 Å². The monoisotopic (exact) mass is 394 g/mol. The zero-order chi connectivity index (χ0) is 18.9. The highest BCUT2D eigenvalue weighted by Gasteiger charge is 2.39. The van der Waals surface area contributed by atoms with Crippen molar-refractivity contribution in [1.82, 2.24) is 0 Å². The molecule has 1 aliphatic carbocycles. The van der Waals surface area contributed by atoms with Gasteiger partial charge in [0.05, 0.1) is 17.8 Å². The molecule has 2 unspecified atom stereocenters. The maximum absolute atomic E-state index is 12.8. The van der Waals surface area contributed by atoms with E-state index in [9.17, 15) is 13.2 Å². The van der Waals surface area contributed by atoms with Gasteiger partial charge in [0.25, 0.3) is 10.0 Å². The summed E-state index contributed by atoms with van der Waals surface area (Å²) in [6.45, 7) is 2.00. The molecule has 1 amide bonds. The smallest absolute Gasteiger partial charge is 0.265 e. The van der Waals surface area contributed by atoms with Crippen molar-refractivity contribution in [3.63, 3.8) is 0 Å². The fourth-order valence-electron chi connectivity index (χ4n) is 2.63. The number of amides is 1. The summed E-state index contributed by atoms with van der Waals surface area (Å²) in [7, 11) is -2.58. The molecule has 0 bridgehead atoms. The van der Waals surface area contributed by atoms with Crippen LogP contribution in [0.25, 0.3) is 0 Å². The second-order valence-corrected chi connectivity index (χ2v) is 8.32. The van der Waals surface area contributed by atoms with Gasteiger partial charge in [-0.1, -0.05) is 30.7 Å². The number of carbonyl (C=O) groups excluding carboxylic acids is 1. The molecule has 0 spiro atoms. The zero-order valence-electron chi connectivity index (χ0n) is 14.3. The quantitative estimate of drug-likeness (QED) is 0.781. The van der Waals surface area contributed by atoms with Crippen LogP contribution in [0.5, 0.6) is 5.75 Å². The fraction of sp³-hybridized carbons (Fsp3) is 0.278. The molecule has 0 saturated heterocycles. The Labute approximate surface area is 157 Å². The molecule has 1 fully saturated rings. The van der Waals surface area contributed by atoms with E-state index in [4.69, 9.17) is 16.3 Å². The van der Waals surface area contributed by atoms with E-state index in [1.54, 1.807) is 30.3 Å². The number of anilines is 2. The number of methoxy groups -OCH3 is 1. The van der Waals surface area contributed by atoms with Crippen molar-refractivity contribution in [3.05, 3.63) is 47.5 Å². The number of para-hydroxylation sites is 1. The Morgan fingerprint density at radius 1 is 1.23 bits per heavy atom. The first-order valence-electron chi connectivity index (χ1n) is 8.08. The summed E-state index contributed by atoms with van der Waals surface area (Å²) in [6, 6.07) is 11.0. The van der Waals surface area contributed by atoms with Gasteiger partial charge in [-0.2, -0.15) is 0 Å². The van der Waals surface area contributed by atoms with Crippen molar-refractivity contribution in [1.29, 1.82) is 0 Å². The normalized spacial score (nSPS) is 18.9. The van der Waals surface area contributed by atoms with Crippen LogP contribution in [0.1, 0.15) is 13.3 Å². The lowest BCUT2D eigenvalue weighted by atomic mass is 10.2. The largest absolute Gasteiger partial charge is 0.495 e. The van der Waals surface area contributed by atoms with Gasteiger partial charge < -0.3 is 10.1 Å². The fourth-order valence-corrected chi connectivity index (χ4v) is 4.15. The van der Waals surface area contributed by atoms with Crippen molar-refractivity contribution >= 4 is 38.9 Å². The highest BCUT2D eigenvalue weighted by atomic mass is 35.5. The van der Waals surface area contributed by atoms with Crippen LogP contribution in [-0.2, 0) is 14.8 Å².